The van der Waals surface area contributed by atoms with Crippen molar-refractivity contribution in [1.29, 1.82) is 0 Å². The maximum atomic E-state index is 14.1. The Morgan fingerprint density at radius 1 is 1.24 bits per heavy atom. The van der Waals surface area contributed by atoms with Gasteiger partial charge in [0, 0.05) is 25.9 Å². The standard InChI is InChI=1S/C16H23FN4/c1-12(2)9-18-10-13(8-16-19-11-20-21(16)3)14-6-4-5-7-15(14)17/h4-7,11-13,18H,8-10H2,1-3H3. The largest absolute Gasteiger partial charge is 0.316 e. The molecule has 0 amide bonds. The number of aryl methyl sites for hydroxylation is 1. The molecule has 1 aromatic heterocycles. The second-order valence-corrected chi connectivity index (χ2v) is 5.77. The van der Waals surface area contributed by atoms with E-state index in [1.807, 2.05) is 19.2 Å². The molecular formula is C16H23FN4. The molecule has 0 spiro atoms. The Bertz CT molecular complexity index is 565. The highest BCUT2D eigenvalue weighted by molar-refractivity contribution is 5.23. The molecule has 0 aliphatic rings. The molecule has 2 rings (SSSR count). The topological polar surface area (TPSA) is 42.7 Å². The summed E-state index contributed by atoms with van der Waals surface area (Å²) in [6.07, 6.45) is 2.21. The highest BCUT2D eigenvalue weighted by Crippen LogP contribution is 2.22. The number of halogens is 1. The van der Waals surface area contributed by atoms with Crippen molar-refractivity contribution < 1.29 is 4.39 Å². The summed E-state index contributed by atoms with van der Waals surface area (Å²) in [5.41, 5.74) is 0.733. The van der Waals surface area contributed by atoms with Gasteiger partial charge < -0.3 is 5.32 Å². The van der Waals surface area contributed by atoms with Crippen molar-refractivity contribution in [3.63, 3.8) is 0 Å². The summed E-state index contributed by atoms with van der Waals surface area (Å²) in [5.74, 6) is 1.33. The normalized spacial score (nSPS) is 12.8. The molecule has 0 aliphatic heterocycles. The van der Waals surface area contributed by atoms with E-state index in [1.54, 1.807) is 10.7 Å². The van der Waals surface area contributed by atoms with Gasteiger partial charge in [0.2, 0.25) is 0 Å². The van der Waals surface area contributed by atoms with Gasteiger partial charge in [0.05, 0.1) is 0 Å². The number of nitrogens with zero attached hydrogens (tertiary/aromatic N) is 3. The van der Waals surface area contributed by atoms with Crippen molar-refractivity contribution in [3.05, 3.63) is 47.8 Å². The molecule has 0 fully saturated rings. The molecule has 5 heteroatoms. The van der Waals surface area contributed by atoms with Crippen LogP contribution in [0.2, 0.25) is 0 Å². The van der Waals surface area contributed by atoms with Crippen LogP contribution >= 0.6 is 0 Å². The quantitative estimate of drug-likeness (QED) is 0.852. The molecule has 0 aliphatic carbocycles. The van der Waals surface area contributed by atoms with Crippen LogP contribution in [0.15, 0.2) is 30.6 Å². The van der Waals surface area contributed by atoms with E-state index in [4.69, 9.17) is 0 Å². The van der Waals surface area contributed by atoms with E-state index in [2.05, 4.69) is 29.2 Å². The number of hydrogen-bond acceptors (Lipinski definition) is 3. The Morgan fingerprint density at radius 2 is 2.00 bits per heavy atom. The van der Waals surface area contributed by atoms with Crippen LogP contribution in [0.25, 0.3) is 0 Å². The molecule has 114 valence electrons. The predicted molar refractivity (Wildman–Crippen MR) is 81.6 cm³/mol. The van der Waals surface area contributed by atoms with Crippen molar-refractivity contribution in [2.75, 3.05) is 13.1 Å². The number of aromatic nitrogens is 3. The van der Waals surface area contributed by atoms with Crippen LogP contribution in [0.5, 0.6) is 0 Å². The van der Waals surface area contributed by atoms with E-state index in [0.29, 0.717) is 12.3 Å². The summed E-state index contributed by atoms with van der Waals surface area (Å²) in [6, 6.07) is 6.97. The zero-order valence-electron chi connectivity index (χ0n) is 12.9. The van der Waals surface area contributed by atoms with Gasteiger partial charge in [-0.05, 0) is 24.1 Å². The molecule has 0 saturated heterocycles. The van der Waals surface area contributed by atoms with Crippen molar-refractivity contribution in [2.45, 2.75) is 26.2 Å². The van der Waals surface area contributed by atoms with E-state index < -0.39 is 0 Å². The number of rotatable bonds is 7. The lowest BCUT2D eigenvalue weighted by Gasteiger charge is -2.19. The van der Waals surface area contributed by atoms with Gasteiger partial charge >= 0.3 is 0 Å². The van der Waals surface area contributed by atoms with Gasteiger partial charge in [-0.25, -0.2) is 9.37 Å². The van der Waals surface area contributed by atoms with Crippen molar-refractivity contribution in [3.8, 4) is 0 Å². The Hall–Kier alpha value is -1.75. The highest BCUT2D eigenvalue weighted by Gasteiger charge is 2.18. The third-order valence-corrected chi connectivity index (χ3v) is 3.52. The van der Waals surface area contributed by atoms with Crippen molar-refractivity contribution in [2.24, 2.45) is 13.0 Å². The van der Waals surface area contributed by atoms with Crippen LogP contribution in [0, 0.1) is 11.7 Å². The summed E-state index contributed by atoms with van der Waals surface area (Å²) < 4.78 is 15.8. The lowest BCUT2D eigenvalue weighted by Crippen LogP contribution is -2.27. The Kier molecular flexibility index (Phi) is 5.44. The lowest BCUT2D eigenvalue weighted by molar-refractivity contribution is 0.489. The van der Waals surface area contributed by atoms with Gasteiger partial charge in [-0.1, -0.05) is 32.0 Å². The first-order chi connectivity index (χ1) is 10.1. The van der Waals surface area contributed by atoms with Crippen LogP contribution in [0.3, 0.4) is 0 Å². The average Bonchev–Trinajstić information content (AvgIpc) is 2.83. The third kappa shape index (κ3) is 4.36. The van der Waals surface area contributed by atoms with E-state index >= 15 is 0 Å². The maximum absolute atomic E-state index is 14.1. The molecule has 1 atom stereocenters. The molecule has 1 unspecified atom stereocenters. The summed E-state index contributed by atoms with van der Waals surface area (Å²) in [5, 5.41) is 7.50. The van der Waals surface area contributed by atoms with E-state index in [9.17, 15) is 4.39 Å². The Labute approximate surface area is 125 Å². The monoisotopic (exact) mass is 290 g/mol. The molecule has 2 aromatic rings. The Morgan fingerprint density at radius 3 is 2.62 bits per heavy atom. The molecule has 1 heterocycles. The van der Waals surface area contributed by atoms with Crippen LogP contribution in [-0.2, 0) is 13.5 Å². The van der Waals surface area contributed by atoms with Crippen LogP contribution < -0.4 is 5.32 Å². The SMILES string of the molecule is CC(C)CNCC(Cc1ncnn1C)c1ccccc1F. The molecule has 0 radical (unpaired) electrons. The average molecular weight is 290 g/mol. The minimum Gasteiger partial charge on any atom is -0.316 e. The Balaban J connectivity index is 2.14. The second-order valence-electron chi connectivity index (χ2n) is 5.77. The molecule has 1 N–H and O–H groups in total. The van der Waals surface area contributed by atoms with Crippen LogP contribution in [-0.4, -0.2) is 27.9 Å². The van der Waals surface area contributed by atoms with Gasteiger partial charge in [0.1, 0.15) is 18.0 Å². The number of nitrogens with one attached hydrogen (secondary N) is 1. The first-order valence-electron chi connectivity index (χ1n) is 7.36. The summed E-state index contributed by atoms with van der Waals surface area (Å²) in [4.78, 5) is 4.26. The number of hydrogen-bond donors (Lipinski definition) is 1. The first-order valence-corrected chi connectivity index (χ1v) is 7.36. The van der Waals surface area contributed by atoms with E-state index in [-0.39, 0.29) is 11.7 Å². The van der Waals surface area contributed by atoms with Crippen molar-refractivity contribution in [1.82, 2.24) is 20.1 Å². The first kappa shape index (κ1) is 15.6. The van der Waals surface area contributed by atoms with Crippen LogP contribution in [0.1, 0.15) is 31.2 Å². The second kappa shape index (κ2) is 7.31. The van der Waals surface area contributed by atoms with Gasteiger partial charge in [-0.2, -0.15) is 5.10 Å². The zero-order valence-corrected chi connectivity index (χ0v) is 12.9. The summed E-state index contributed by atoms with van der Waals surface area (Å²) >= 11 is 0. The fourth-order valence-electron chi connectivity index (χ4n) is 2.37. The van der Waals surface area contributed by atoms with Gasteiger partial charge in [0.15, 0.2) is 0 Å². The molecular weight excluding hydrogens is 267 g/mol. The highest BCUT2D eigenvalue weighted by atomic mass is 19.1. The molecule has 4 nitrogen and oxygen atoms in total. The van der Waals surface area contributed by atoms with Crippen molar-refractivity contribution >= 4 is 0 Å². The fraction of sp³-hybridized carbons (Fsp3) is 0.500. The smallest absolute Gasteiger partial charge is 0.138 e. The lowest BCUT2D eigenvalue weighted by atomic mass is 9.94. The summed E-state index contributed by atoms with van der Waals surface area (Å²) in [7, 11) is 1.86. The van der Waals surface area contributed by atoms with Gasteiger partial charge in [0.25, 0.3) is 0 Å². The maximum Gasteiger partial charge on any atom is 0.138 e. The van der Waals surface area contributed by atoms with E-state index in [1.165, 1.54) is 12.4 Å². The molecule has 0 bridgehead atoms. The van der Waals surface area contributed by atoms with Gasteiger partial charge in [-0.15, -0.1) is 0 Å². The van der Waals surface area contributed by atoms with Gasteiger partial charge in [-0.3, -0.25) is 4.68 Å². The molecule has 21 heavy (non-hydrogen) atoms. The van der Waals surface area contributed by atoms with E-state index in [0.717, 1.165) is 24.5 Å². The number of benzene rings is 1. The zero-order chi connectivity index (χ0) is 15.2. The fourth-order valence-corrected chi connectivity index (χ4v) is 2.37. The summed E-state index contributed by atoms with van der Waals surface area (Å²) in [6.45, 7) is 5.97. The van der Waals surface area contributed by atoms with Crippen LogP contribution in [0.4, 0.5) is 4.39 Å². The minimum atomic E-state index is -0.156. The predicted octanol–water partition coefficient (Wildman–Crippen LogP) is 2.53. The minimum absolute atomic E-state index is 0.0489. The molecule has 1 aromatic carbocycles. The third-order valence-electron chi connectivity index (χ3n) is 3.52. The molecule has 0 saturated carbocycles.